The topological polar surface area (TPSA) is 58.6 Å². The number of amides is 2. The summed E-state index contributed by atoms with van der Waals surface area (Å²) in [5.74, 6) is -1.21. The minimum Gasteiger partial charge on any atom is -0.495 e. The molecule has 0 radical (unpaired) electrons. The van der Waals surface area contributed by atoms with E-state index in [9.17, 15) is 14.0 Å². The second-order valence-corrected chi connectivity index (χ2v) is 6.68. The summed E-state index contributed by atoms with van der Waals surface area (Å²) in [6.45, 7) is 0.176. The van der Waals surface area contributed by atoms with Crippen LogP contribution in [0.5, 0.6) is 5.75 Å². The summed E-state index contributed by atoms with van der Waals surface area (Å²) in [6, 6.07) is 8.88. The Kier molecular flexibility index (Phi) is 5.34. The van der Waals surface area contributed by atoms with Gasteiger partial charge in [-0.05, 0) is 36.4 Å². The number of methoxy groups -OCH3 is 1. The minimum atomic E-state index is -0.565. The first kappa shape index (κ1) is 18.5. The van der Waals surface area contributed by atoms with Crippen molar-refractivity contribution in [3.8, 4) is 5.75 Å². The molecule has 5 nitrogen and oxygen atoms in total. The summed E-state index contributed by atoms with van der Waals surface area (Å²) < 4.78 is 18.5. The monoisotopic (exact) mass is 396 g/mol. The maximum absolute atomic E-state index is 13.3. The second kappa shape index (κ2) is 7.51. The van der Waals surface area contributed by atoms with Crippen molar-refractivity contribution in [2.45, 2.75) is 6.42 Å². The molecule has 1 fully saturated rings. The Morgan fingerprint density at radius 1 is 1.27 bits per heavy atom. The predicted octanol–water partition coefficient (Wildman–Crippen LogP) is 4.13. The number of benzene rings is 2. The average Bonchev–Trinajstić information content (AvgIpc) is 2.99. The van der Waals surface area contributed by atoms with Gasteiger partial charge in [-0.15, -0.1) is 0 Å². The molecule has 0 bridgehead atoms. The Hall–Kier alpha value is -2.31. The number of ether oxygens (including phenoxy) is 1. The molecular formula is C18H15Cl2FN2O3. The summed E-state index contributed by atoms with van der Waals surface area (Å²) in [6.07, 6.45) is 0.0453. The maximum atomic E-state index is 13.3. The molecule has 3 rings (SSSR count). The van der Waals surface area contributed by atoms with E-state index >= 15 is 0 Å². The predicted molar refractivity (Wildman–Crippen MR) is 98.5 cm³/mol. The van der Waals surface area contributed by atoms with E-state index in [0.29, 0.717) is 22.1 Å². The van der Waals surface area contributed by atoms with Crippen LogP contribution in [0.15, 0.2) is 36.4 Å². The summed E-state index contributed by atoms with van der Waals surface area (Å²) in [7, 11) is 1.48. The Morgan fingerprint density at radius 2 is 2.04 bits per heavy atom. The van der Waals surface area contributed by atoms with Crippen LogP contribution < -0.4 is 15.0 Å². The minimum absolute atomic E-state index is 0.0453. The van der Waals surface area contributed by atoms with Gasteiger partial charge in [-0.3, -0.25) is 9.59 Å². The Balaban J connectivity index is 1.75. The molecule has 2 aromatic rings. The van der Waals surface area contributed by atoms with Crippen molar-refractivity contribution in [2.75, 3.05) is 23.9 Å². The van der Waals surface area contributed by atoms with Crippen molar-refractivity contribution in [1.82, 2.24) is 0 Å². The fourth-order valence-corrected chi connectivity index (χ4v) is 3.15. The number of rotatable bonds is 4. The fourth-order valence-electron chi connectivity index (χ4n) is 2.80. The van der Waals surface area contributed by atoms with Crippen LogP contribution in [0.1, 0.15) is 6.42 Å². The SMILES string of the molecule is COc1ccc(Cl)cc1NC(=O)C1CC(=O)N(c2ccc(F)c(Cl)c2)C1. The van der Waals surface area contributed by atoms with Crippen molar-refractivity contribution in [1.29, 1.82) is 0 Å². The van der Waals surface area contributed by atoms with Crippen LogP contribution in [0.25, 0.3) is 0 Å². The van der Waals surface area contributed by atoms with Crippen LogP contribution in [0.2, 0.25) is 10.0 Å². The highest BCUT2D eigenvalue weighted by atomic mass is 35.5. The normalized spacial score (nSPS) is 16.7. The van der Waals surface area contributed by atoms with Crippen molar-refractivity contribution >= 4 is 46.4 Å². The van der Waals surface area contributed by atoms with Crippen molar-refractivity contribution < 1.29 is 18.7 Å². The number of carbonyl (C=O) groups excluding carboxylic acids is 2. The van der Waals surface area contributed by atoms with Gasteiger partial charge in [0.1, 0.15) is 11.6 Å². The molecule has 1 aliphatic heterocycles. The van der Waals surface area contributed by atoms with Crippen LogP contribution >= 0.6 is 23.2 Å². The zero-order chi connectivity index (χ0) is 18.8. The van der Waals surface area contributed by atoms with E-state index in [1.807, 2.05) is 0 Å². The zero-order valence-corrected chi connectivity index (χ0v) is 15.3. The first-order valence-electron chi connectivity index (χ1n) is 7.79. The summed E-state index contributed by atoms with van der Waals surface area (Å²) in [5, 5.41) is 3.12. The van der Waals surface area contributed by atoms with Gasteiger partial charge >= 0.3 is 0 Å². The van der Waals surface area contributed by atoms with Crippen LogP contribution in [0, 0.1) is 11.7 Å². The third-order valence-corrected chi connectivity index (χ3v) is 4.65. The average molecular weight is 397 g/mol. The first-order chi connectivity index (χ1) is 12.4. The molecule has 8 heteroatoms. The lowest BCUT2D eigenvalue weighted by Gasteiger charge is -2.17. The van der Waals surface area contributed by atoms with Crippen molar-refractivity contribution in [2.24, 2.45) is 5.92 Å². The van der Waals surface area contributed by atoms with Gasteiger partial charge in [0.15, 0.2) is 0 Å². The maximum Gasteiger partial charge on any atom is 0.229 e. The second-order valence-electron chi connectivity index (χ2n) is 5.84. The van der Waals surface area contributed by atoms with Gasteiger partial charge in [0, 0.05) is 23.7 Å². The van der Waals surface area contributed by atoms with Crippen molar-refractivity contribution in [3.63, 3.8) is 0 Å². The molecule has 0 spiro atoms. The van der Waals surface area contributed by atoms with Gasteiger partial charge in [0.2, 0.25) is 11.8 Å². The van der Waals surface area contributed by atoms with Crippen LogP contribution in [0.4, 0.5) is 15.8 Å². The molecule has 1 atom stereocenters. The van der Waals surface area contributed by atoms with E-state index in [0.717, 1.165) is 0 Å². The summed E-state index contributed by atoms with van der Waals surface area (Å²) in [4.78, 5) is 26.3. The quantitative estimate of drug-likeness (QED) is 0.844. The molecule has 0 aliphatic carbocycles. The molecule has 136 valence electrons. The molecule has 1 N–H and O–H groups in total. The van der Waals surface area contributed by atoms with E-state index in [2.05, 4.69) is 5.32 Å². The third kappa shape index (κ3) is 3.76. The van der Waals surface area contributed by atoms with Gasteiger partial charge in [-0.1, -0.05) is 23.2 Å². The molecule has 1 unspecified atom stereocenters. The highest BCUT2D eigenvalue weighted by Crippen LogP contribution is 2.31. The van der Waals surface area contributed by atoms with Crippen LogP contribution in [-0.2, 0) is 9.59 Å². The largest absolute Gasteiger partial charge is 0.495 e. The van der Waals surface area contributed by atoms with Crippen LogP contribution in [0.3, 0.4) is 0 Å². The molecular weight excluding hydrogens is 382 g/mol. The summed E-state index contributed by atoms with van der Waals surface area (Å²) in [5.41, 5.74) is 0.887. The van der Waals surface area contributed by atoms with E-state index < -0.39 is 11.7 Å². The van der Waals surface area contributed by atoms with Crippen LogP contribution in [-0.4, -0.2) is 25.5 Å². The Bertz CT molecular complexity index is 876. The van der Waals surface area contributed by atoms with Gasteiger partial charge in [0.05, 0.1) is 23.7 Å². The molecule has 2 amide bonds. The Labute approximate surface area is 159 Å². The number of anilines is 2. The third-order valence-electron chi connectivity index (χ3n) is 4.13. The molecule has 1 saturated heterocycles. The molecule has 26 heavy (non-hydrogen) atoms. The van der Waals surface area contributed by atoms with E-state index in [1.54, 1.807) is 18.2 Å². The number of halogens is 3. The highest BCUT2D eigenvalue weighted by molar-refractivity contribution is 6.31. The van der Waals surface area contributed by atoms with E-state index in [1.165, 1.54) is 30.2 Å². The Morgan fingerprint density at radius 3 is 2.73 bits per heavy atom. The first-order valence-corrected chi connectivity index (χ1v) is 8.54. The standard InChI is InChI=1S/C18H15Cl2FN2O3/c1-26-16-5-2-11(19)7-15(16)22-18(25)10-6-17(24)23(9-10)12-3-4-14(21)13(20)8-12/h2-5,7-8,10H,6,9H2,1H3,(H,22,25). The van der Waals surface area contributed by atoms with Gasteiger partial charge in [-0.2, -0.15) is 0 Å². The van der Waals surface area contributed by atoms with Gasteiger partial charge in [0.25, 0.3) is 0 Å². The smallest absolute Gasteiger partial charge is 0.229 e. The lowest BCUT2D eigenvalue weighted by atomic mass is 10.1. The molecule has 1 heterocycles. The molecule has 2 aromatic carbocycles. The molecule has 0 aromatic heterocycles. The lowest BCUT2D eigenvalue weighted by Crippen LogP contribution is -2.28. The zero-order valence-electron chi connectivity index (χ0n) is 13.8. The fraction of sp³-hybridized carbons (Fsp3) is 0.222. The number of hydrogen-bond acceptors (Lipinski definition) is 3. The summed E-state index contributed by atoms with van der Waals surface area (Å²) >= 11 is 11.7. The van der Waals surface area contributed by atoms with Gasteiger partial charge < -0.3 is 15.0 Å². The number of nitrogens with one attached hydrogen (secondary N) is 1. The number of nitrogens with zero attached hydrogens (tertiary/aromatic N) is 1. The highest BCUT2D eigenvalue weighted by Gasteiger charge is 2.35. The van der Waals surface area contributed by atoms with Gasteiger partial charge in [-0.25, -0.2) is 4.39 Å². The molecule has 0 saturated carbocycles. The van der Waals surface area contributed by atoms with E-state index in [-0.39, 0.29) is 29.8 Å². The van der Waals surface area contributed by atoms with Crippen molar-refractivity contribution in [3.05, 3.63) is 52.3 Å². The lowest BCUT2D eigenvalue weighted by molar-refractivity contribution is -0.122. The van der Waals surface area contributed by atoms with E-state index in [4.69, 9.17) is 27.9 Å². The molecule has 1 aliphatic rings. The number of carbonyl (C=O) groups is 2. The number of hydrogen-bond donors (Lipinski definition) is 1.